The number of aliphatic hydroxyl groups excluding tert-OH is 20. The summed E-state index contributed by atoms with van der Waals surface area (Å²) in [6.07, 6.45) is -25.4. The van der Waals surface area contributed by atoms with E-state index in [1.807, 2.05) is 0 Å². The van der Waals surface area contributed by atoms with Gasteiger partial charge in [-0.15, -0.1) is 0 Å². The van der Waals surface area contributed by atoms with Gasteiger partial charge in [0.15, 0.2) is 18.4 Å². The number of allylic oxidation sites excluding steroid dienone is 12. The van der Waals surface area contributed by atoms with E-state index in [0.29, 0.717) is 0 Å². The van der Waals surface area contributed by atoms with Gasteiger partial charge in [-0.05, 0) is 33.1 Å². The molecule has 0 spiro atoms. The second-order valence-corrected chi connectivity index (χ2v) is 26.1. The molecule has 33 heteroatoms. The summed E-state index contributed by atoms with van der Waals surface area (Å²) in [5, 5.41) is 244. The van der Waals surface area contributed by atoms with Crippen LogP contribution in [0.15, 0.2) is 85.1 Å². The van der Waals surface area contributed by atoms with Crippen molar-refractivity contribution >= 4 is 11.9 Å². The van der Waals surface area contributed by atoms with Crippen LogP contribution in [0.25, 0.3) is 0 Å². The number of aliphatic hydroxyl groups is 22. The lowest BCUT2D eigenvalue weighted by atomic mass is 9.82. The van der Waals surface area contributed by atoms with Crippen LogP contribution in [0.3, 0.4) is 0 Å². The molecule has 1 amide bonds. The maximum Gasteiger partial charge on any atom is 0.308 e. The summed E-state index contributed by atoms with van der Waals surface area (Å²) < 4.78 is 40.4. The molecule has 32 atom stereocenters. The highest BCUT2D eigenvalue weighted by Crippen LogP contribution is 2.39. The van der Waals surface area contributed by atoms with Crippen molar-refractivity contribution in [2.45, 2.75) is 256 Å². The molecule has 24 N–H and O–H groups in total. The Hall–Kier alpha value is -4.04. The van der Waals surface area contributed by atoms with Gasteiger partial charge in [-0.2, -0.15) is 0 Å². The van der Waals surface area contributed by atoms with Gasteiger partial charge in [-0.25, -0.2) is 0 Å². The molecule has 0 saturated carbocycles. The van der Waals surface area contributed by atoms with Gasteiger partial charge in [0.2, 0.25) is 11.7 Å². The average Bonchev–Trinajstić information content (AvgIpc) is 0.791. The van der Waals surface area contributed by atoms with Gasteiger partial charge in [0.25, 0.3) is 0 Å². The number of fused-ring (bicyclic) bond motifs is 2. The minimum absolute atomic E-state index is 0.215. The van der Waals surface area contributed by atoms with Gasteiger partial charge in [0.05, 0.1) is 118 Å². The van der Waals surface area contributed by atoms with Crippen molar-refractivity contribution in [2.75, 3.05) is 32.9 Å². The lowest BCUT2D eigenvalue weighted by molar-refractivity contribution is -0.368. The Kier molecular flexibility index (Phi) is 34.6. The van der Waals surface area contributed by atoms with E-state index in [-0.39, 0.29) is 25.2 Å². The van der Waals surface area contributed by atoms with Crippen LogP contribution in [-0.4, -0.2) is 334 Å². The van der Waals surface area contributed by atoms with Crippen LogP contribution in [-0.2, 0) is 42.7 Å². The van der Waals surface area contributed by atoms with Crippen LogP contribution in [0.5, 0.6) is 0 Å². The normalized spacial score (nSPS) is 45.0. The molecule has 33 nitrogen and oxygen atoms in total. The first-order valence-electron chi connectivity index (χ1n) is 32.9. The van der Waals surface area contributed by atoms with Gasteiger partial charge < -0.3 is 156 Å². The maximum atomic E-state index is 14.3. The van der Waals surface area contributed by atoms with Crippen molar-refractivity contribution < 1.29 is 155 Å². The number of amides is 1. The minimum Gasteiger partial charge on any atom is -0.462 e. The van der Waals surface area contributed by atoms with E-state index in [9.17, 15) is 122 Å². The molecule has 5 rings (SSSR count). The van der Waals surface area contributed by atoms with Crippen LogP contribution in [0, 0.1) is 17.8 Å². The summed E-state index contributed by atoms with van der Waals surface area (Å²) in [6.45, 7) is 2.12. The van der Waals surface area contributed by atoms with Gasteiger partial charge in [0.1, 0.15) is 73.2 Å². The van der Waals surface area contributed by atoms with E-state index in [1.54, 1.807) is 87.6 Å². The van der Waals surface area contributed by atoms with Crippen LogP contribution in [0.2, 0.25) is 0 Å². The molecular formula is C65H106N2O31. The Balaban J connectivity index is 1.46. The lowest BCUT2D eigenvalue weighted by Crippen LogP contribution is -2.70. The summed E-state index contributed by atoms with van der Waals surface area (Å²) >= 11 is 0. The molecule has 0 aromatic carbocycles. The summed E-state index contributed by atoms with van der Waals surface area (Å²) in [5.74, 6) is -9.89. The quantitative estimate of drug-likeness (QED) is 0.0677. The second-order valence-electron chi connectivity index (χ2n) is 26.1. The second kappa shape index (κ2) is 40.1. The van der Waals surface area contributed by atoms with Crippen molar-refractivity contribution in [3.05, 3.63) is 85.1 Å². The van der Waals surface area contributed by atoms with Crippen molar-refractivity contribution in [3.63, 3.8) is 0 Å². The Morgan fingerprint density at radius 1 is 0.602 bits per heavy atom. The molecule has 5 aliphatic heterocycles. The summed E-state index contributed by atoms with van der Waals surface area (Å²) in [6, 6.07) is -1.56. The van der Waals surface area contributed by atoms with Crippen LogP contribution in [0.4, 0.5) is 0 Å². The van der Waals surface area contributed by atoms with Gasteiger partial charge in [0, 0.05) is 44.1 Å². The average molecular weight is 1410 g/mol. The Bertz CT molecular complexity index is 2600. The fourth-order valence-corrected chi connectivity index (χ4v) is 12.0. The third-order valence-electron chi connectivity index (χ3n) is 18.2. The Labute approximate surface area is 567 Å². The molecule has 0 aromatic rings. The minimum atomic E-state index is -2.74. The van der Waals surface area contributed by atoms with E-state index in [2.05, 4.69) is 10.6 Å². The molecule has 5 aliphatic rings. The van der Waals surface area contributed by atoms with E-state index < -0.39 is 265 Å². The topological polar surface area (TPSA) is 568 Å². The summed E-state index contributed by atoms with van der Waals surface area (Å²) in [4.78, 5) is 27.1. The summed E-state index contributed by atoms with van der Waals surface area (Å²) in [7, 11) is 0. The van der Waals surface area contributed by atoms with Crippen molar-refractivity contribution in [1.82, 2.24) is 10.6 Å². The van der Waals surface area contributed by atoms with Gasteiger partial charge in [-0.3, -0.25) is 9.59 Å². The van der Waals surface area contributed by atoms with Crippen molar-refractivity contribution in [2.24, 2.45) is 17.8 Å². The van der Waals surface area contributed by atoms with Crippen LogP contribution in [0.1, 0.15) is 79.1 Å². The van der Waals surface area contributed by atoms with Crippen LogP contribution >= 0.6 is 0 Å². The first-order chi connectivity index (χ1) is 46.1. The molecular weight excluding hydrogens is 1300 g/mol. The molecule has 0 aromatic heterocycles. The first-order valence-corrected chi connectivity index (χ1v) is 32.9. The lowest BCUT2D eigenvalue weighted by Gasteiger charge is -2.48. The molecule has 0 aliphatic carbocycles. The van der Waals surface area contributed by atoms with E-state index in [4.69, 9.17) is 33.2 Å². The smallest absolute Gasteiger partial charge is 0.308 e. The molecule has 98 heavy (non-hydrogen) atoms. The van der Waals surface area contributed by atoms with Crippen molar-refractivity contribution in [1.29, 1.82) is 0 Å². The zero-order chi connectivity index (χ0) is 72.9. The third-order valence-corrected chi connectivity index (χ3v) is 18.2. The largest absolute Gasteiger partial charge is 0.462 e. The number of cyclic esters (lactones) is 1. The number of carbonyl (C=O) groups excluding carboxylic acids is 2. The molecule has 4 fully saturated rings. The first kappa shape index (κ1) is 84.6. The highest BCUT2D eigenvalue weighted by molar-refractivity contribution is 5.80. The van der Waals surface area contributed by atoms with E-state index in [0.717, 1.165) is 0 Å². The molecule has 562 valence electrons. The molecule has 2 bridgehead atoms. The summed E-state index contributed by atoms with van der Waals surface area (Å²) in [5.41, 5.74) is 0. The predicted molar refractivity (Wildman–Crippen MR) is 339 cm³/mol. The number of rotatable bonds is 15. The fourth-order valence-electron chi connectivity index (χ4n) is 12.0. The highest BCUT2D eigenvalue weighted by atomic mass is 16.7. The zero-order valence-electron chi connectivity index (χ0n) is 55.1. The predicted octanol–water partition coefficient (Wildman–Crippen LogP) is -7.56. The fraction of sp³-hybridized carbons (Fsp3) is 0.754. The van der Waals surface area contributed by atoms with E-state index in [1.165, 1.54) is 25.2 Å². The Morgan fingerprint density at radius 2 is 1.19 bits per heavy atom. The standard InChI is InChI=1S/C65H106N2O31/c1-32-17-15-13-11-9-7-5-6-8-10-12-14-16-18-39(95-62-56(85)50(52(81)35(4)94-62)67-31-65(91)60(88)59(45(78)30-92-65)97-63-58(87)57(86)55(84)47(29-69)96-63)24-46-49(61(89)66-27-43(76)53(82)54(83)44(77)28-68)42(75)26-64(90,98-46)25-38(72)22-41(74)40(73)20-19-36(70)21-37(71)23-48(79)93-34(3)33(2)51(32)80/h5-18,32-47,49-60,62-63,67-78,80-88,90-91H,19-31H2,1-4H3,(H,66,89)/b6-5+,9-7+,10-8+,13-11+,14-12+,17-15+,18-16+/t32-,33?,34-,35+,36+,37+,38-,39-,40+,41+,42-,43?,44?,45+,46?,47+,49?,50-,51+,52+,53?,54?,55+,56-,57-,58+,59+,60-,62-,63?,64+,65+/m0/s1. The molecule has 8 unspecified atom stereocenters. The highest BCUT2D eigenvalue weighted by Gasteiger charge is 2.55. The third kappa shape index (κ3) is 24.6. The van der Waals surface area contributed by atoms with Crippen molar-refractivity contribution in [3.8, 4) is 0 Å². The number of ether oxygens (including phenoxy) is 7. The number of nitrogens with one attached hydrogen (secondary N) is 2. The monoisotopic (exact) mass is 1410 g/mol. The SMILES string of the molecule is CC1[C@H](C)OC(=O)C[C@H](O)C[C@H](O)CC[C@@H](O)[C@H](O)C[C@H](O)C[C@]2(O)C[C@H](O)C(C(=O)NCC(O)C(O)C(O)C(O)CO)C(C[C@@H](O[C@@H]3O[C@H](C)[C@@H](O)[C@H](NC[C@@]4(O)OC[C@@H](O)[C@@H](OC5O[C@H](CO)[C@@H](O)[C@H](O)[C@H]5O)[C@@H]4O)[C@@H]3O)/C=C/C=C/C=C/C=C/C=C/C=C/C=C/[C@H](C)[C@H]1O)O2. The number of esters is 1. The number of hydrogen-bond donors (Lipinski definition) is 24. The van der Waals surface area contributed by atoms with E-state index >= 15 is 0 Å². The van der Waals surface area contributed by atoms with Gasteiger partial charge >= 0.3 is 5.97 Å². The van der Waals surface area contributed by atoms with Gasteiger partial charge in [-0.1, -0.05) is 98.9 Å². The van der Waals surface area contributed by atoms with Crippen LogP contribution < -0.4 is 10.6 Å². The molecule has 0 radical (unpaired) electrons. The number of hydrogen-bond acceptors (Lipinski definition) is 32. The Morgan fingerprint density at radius 3 is 1.81 bits per heavy atom. The molecule has 5 heterocycles. The number of carbonyl (C=O) groups is 2. The maximum absolute atomic E-state index is 14.3. The zero-order valence-corrected chi connectivity index (χ0v) is 55.1. The molecule has 4 saturated heterocycles.